The van der Waals surface area contributed by atoms with Gasteiger partial charge in [-0.05, 0) is 85.9 Å². The van der Waals surface area contributed by atoms with Crippen molar-refractivity contribution in [2.24, 2.45) is 46.3 Å². The third kappa shape index (κ3) is 3.93. The Morgan fingerprint density at radius 2 is 1.83 bits per heavy atom. The standard InChI is InChI=1S/C30H48O5/c1-18(2)8-7-9-19(3)23-10-11-24-22-16-26-30(35-27(32)34-26)17-21(33-20(4)31)12-15-29(30,6)25(22)13-14-28(23,24)5/h18-19,21-26H,7-17H2,1-6H3/t19-,21?,22+,23-,24+,25+,26+,28-,29-,30+/m1/s1. The van der Waals surface area contributed by atoms with Gasteiger partial charge in [0.2, 0.25) is 0 Å². The lowest BCUT2D eigenvalue weighted by Crippen LogP contribution is -2.67. The molecule has 0 N–H and O–H groups in total. The van der Waals surface area contributed by atoms with Gasteiger partial charge >= 0.3 is 12.1 Å². The van der Waals surface area contributed by atoms with E-state index in [-0.39, 0.29) is 23.6 Å². The summed E-state index contributed by atoms with van der Waals surface area (Å²) in [5.74, 6) is 3.97. The minimum absolute atomic E-state index is 0.119. The van der Waals surface area contributed by atoms with Gasteiger partial charge in [0.25, 0.3) is 0 Å². The maximum absolute atomic E-state index is 12.6. The fraction of sp³-hybridized carbons (Fsp3) is 0.933. The third-order valence-electron chi connectivity index (χ3n) is 11.8. The van der Waals surface area contributed by atoms with Crippen molar-refractivity contribution in [1.29, 1.82) is 0 Å². The van der Waals surface area contributed by atoms with E-state index in [1.165, 1.54) is 51.9 Å². The monoisotopic (exact) mass is 488 g/mol. The van der Waals surface area contributed by atoms with Crippen molar-refractivity contribution < 1.29 is 23.8 Å². The number of hydrogen-bond acceptors (Lipinski definition) is 5. The maximum Gasteiger partial charge on any atom is 0.509 e. The highest BCUT2D eigenvalue weighted by Crippen LogP contribution is 2.71. The Labute approximate surface area is 212 Å². The van der Waals surface area contributed by atoms with Crippen LogP contribution < -0.4 is 0 Å². The largest absolute Gasteiger partial charge is 0.509 e. The highest BCUT2D eigenvalue weighted by molar-refractivity contribution is 5.66. The predicted octanol–water partition coefficient (Wildman–Crippen LogP) is 7.31. The zero-order valence-electron chi connectivity index (χ0n) is 22.9. The number of carbonyl (C=O) groups excluding carboxylic acids is 2. The van der Waals surface area contributed by atoms with Crippen LogP contribution in [-0.4, -0.2) is 29.9 Å². The molecule has 1 spiro atoms. The average Bonchev–Trinajstić information content (AvgIpc) is 3.28. The van der Waals surface area contributed by atoms with E-state index in [1.807, 2.05) is 0 Å². The second-order valence-electron chi connectivity index (χ2n) is 13.9. The normalized spacial score (nSPS) is 47.1. The summed E-state index contributed by atoms with van der Waals surface area (Å²) in [5.41, 5.74) is -0.377. The molecule has 5 aliphatic rings. The number of esters is 1. The van der Waals surface area contributed by atoms with Crippen LogP contribution in [0.2, 0.25) is 0 Å². The fourth-order valence-electron chi connectivity index (χ4n) is 10.2. The Bertz CT molecular complexity index is 839. The summed E-state index contributed by atoms with van der Waals surface area (Å²) in [6.07, 6.45) is 11.6. The highest BCUT2D eigenvalue weighted by Gasteiger charge is 2.73. The summed E-state index contributed by atoms with van der Waals surface area (Å²) < 4.78 is 17.7. The first-order chi connectivity index (χ1) is 16.5. The Morgan fingerprint density at radius 3 is 2.54 bits per heavy atom. The minimum Gasteiger partial charge on any atom is -0.462 e. The zero-order chi connectivity index (χ0) is 25.2. The van der Waals surface area contributed by atoms with E-state index in [0.29, 0.717) is 29.6 Å². The Kier molecular flexibility index (Phi) is 6.49. The van der Waals surface area contributed by atoms with Crippen LogP contribution in [0.15, 0.2) is 0 Å². The molecule has 0 aromatic heterocycles. The summed E-state index contributed by atoms with van der Waals surface area (Å²) in [7, 11) is 0. The van der Waals surface area contributed by atoms with Crippen LogP contribution in [0.4, 0.5) is 4.79 Å². The molecule has 1 heterocycles. The molecule has 1 unspecified atom stereocenters. The number of hydrogen-bond donors (Lipinski definition) is 0. The molecular formula is C30H48O5. The van der Waals surface area contributed by atoms with Crippen LogP contribution in [0.1, 0.15) is 112 Å². The summed E-state index contributed by atoms with van der Waals surface area (Å²) >= 11 is 0. The van der Waals surface area contributed by atoms with Gasteiger partial charge in [-0.1, -0.05) is 53.9 Å². The summed E-state index contributed by atoms with van der Waals surface area (Å²) in [6.45, 7) is 13.6. The molecule has 4 aliphatic carbocycles. The molecule has 0 aromatic carbocycles. The van der Waals surface area contributed by atoms with E-state index in [1.54, 1.807) is 0 Å². The first kappa shape index (κ1) is 25.4. The molecule has 35 heavy (non-hydrogen) atoms. The van der Waals surface area contributed by atoms with E-state index in [0.717, 1.165) is 37.0 Å². The molecule has 5 nitrogen and oxygen atoms in total. The van der Waals surface area contributed by atoms with Gasteiger partial charge in [-0.2, -0.15) is 0 Å². The first-order valence-corrected chi connectivity index (χ1v) is 14.6. The van der Waals surface area contributed by atoms with E-state index < -0.39 is 11.8 Å². The van der Waals surface area contributed by atoms with Crippen molar-refractivity contribution in [3.8, 4) is 0 Å². The SMILES string of the molecule is CC(=O)OC1CC[C@]2(C)[C@H]3CC[C@]4(C)[C@@H]([C@H](C)CCCC(C)C)CC[C@H]4[C@@H]3C[C@@H]3OC(=O)O[C@@]32C1. The molecule has 198 valence electrons. The Morgan fingerprint density at radius 1 is 1.06 bits per heavy atom. The zero-order valence-corrected chi connectivity index (χ0v) is 22.9. The molecule has 0 amide bonds. The van der Waals surface area contributed by atoms with Gasteiger partial charge in [-0.25, -0.2) is 4.79 Å². The van der Waals surface area contributed by atoms with Crippen molar-refractivity contribution >= 4 is 12.1 Å². The fourth-order valence-corrected chi connectivity index (χ4v) is 10.2. The number of rotatable bonds is 6. The maximum atomic E-state index is 12.6. The molecule has 5 heteroatoms. The van der Waals surface area contributed by atoms with Crippen molar-refractivity contribution in [2.75, 3.05) is 0 Å². The van der Waals surface area contributed by atoms with E-state index in [4.69, 9.17) is 14.2 Å². The van der Waals surface area contributed by atoms with E-state index in [9.17, 15) is 9.59 Å². The molecule has 0 radical (unpaired) electrons. The molecule has 1 saturated heterocycles. The quantitative estimate of drug-likeness (QED) is 0.367. The van der Waals surface area contributed by atoms with E-state index >= 15 is 0 Å². The Balaban J connectivity index is 1.38. The van der Waals surface area contributed by atoms with Crippen molar-refractivity contribution in [3.63, 3.8) is 0 Å². The lowest BCUT2D eigenvalue weighted by atomic mass is 9.42. The van der Waals surface area contributed by atoms with Crippen LogP contribution in [0, 0.1) is 46.3 Å². The summed E-state index contributed by atoms with van der Waals surface area (Å²) in [6, 6.07) is 0. The number of ether oxygens (including phenoxy) is 3. The summed E-state index contributed by atoms with van der Waals surface area (Å²) in [4.78, 5) is 24.3. The predicted molar refractivity (Wildman–Crippen MR) is 135 cm³/mol. The van der Waals surface area contributed by atoms with Gasteiger partial charge in [-0.3, -0.25) is 4.79 Å². The molecule has 0 aromatic rings. The number of carbonyl (C=O) groups is 2. The molecule has 5 rings (SSSR count). The average molecular weight is 489 g/mol. The van der Waals surface area contributed by atoms with Crippen LogP contribution in [0.3, 0.4) is 0 Å². The van der Waals surface area contributed by atoms with Crippen LogP contribution in [0.5, 0.6) is 0 Å². The molecule has 1 aliphatic heterocycles. The second-order valence-corrected chi connectivity index (χ2v) is 13.9. The van der Waals surface area contributed by atoms with Crippen LogP contribution >= 0.6 is 0 Å². The molecule has 4 saturated carbocycles. The van der Waals surface area contributed by atoms with Gasteiger partial charge in [0.15, 0.2) is 5.60 Å². The van der Waals surface area contributed by atoms with Crippen LogP contribution in [0.25, 0.3) is 0 Å². The van der Waals surface area contributed by atoms with Crippen molar-refractivity contribution in [3.05, 3.63) is 0 Å². The van der Waals surface area contributed by atoms with E-state index in [2.05, 4.69) is 34.6 Å². The lowest BCUT2D eigenvalue weighted by molar-refractivity contribution is -0.227. The topological polar surface area (TPSA) is 61.8 Å². The molecule has 5 fully saturated rings. The molecular weight excluding hydrogens is 440 g/mol. The third-order valence-corrected chi connectivity index (χ3v) is 11.8. The first-order valence-electron chi connectivity index (χ1n) is 14.6. The van der Waals surface area contributed by atoms with Crippen molar-refractivity contribution in [1.82, 2.24) is 0 Å². The van der Waals surface area contributed by atoms with Gasteiger partial charge in [-0.15, -0.1) is 0 Å². The van der Waals surface area contributed by atoms with Crippen LogP contribution in [-0.2, 0) is 19.0 Å². The lowest BCUT2D eigenvalue weighted by Gasteiger charge is -2.64. The smallest absolute Gasteiger partial charge is 0.462 e. The van der Waals surface area contributed by atoms with Crippen molar-refractivity contribution in [2.45, 2.75) is 130 Å². The minimum atomic E-state index is -0.653. The van der Waals surface area contributed by atoms with Gasteiger partial charge in [0.05, 0.1) is 0 Å². The second kappa shape index (κ2) is 8.94. The Hall–Kier alpha value is -1.26. The highest BCUT2D eigenvalue weighted by atomic mass is 16.8. The van der Waals surface area contributed by atoms with Gasteiger partial charge < -0.3 is 14.2 Å². The molecule has 10 atom stereocenters. The van der Waals surface area contributed by atoms with Gasteiger partial charge in [0.1, 0.15) is 12.2 Å². The van der Waals surface area contributed by atoms with Gasteiger partial charge in [0, 0.05) is 18.8 Å². The number of fused-ring (bicyclic) bond motifs is 4. The summed E-state index contributed by atoms with van der Waals surface area (Å²) in [5, 5.41) is 0. The molecule has 0 bridgehead atoms.